The molecule has 0 radical (unpaired) electrons. The summed E-state index contributed by atoms with van der Waals surface area (Å²) in [5.74, 6) is -0.503. The Labute approximate surface area is 159 Å². The number of esters is 1. The summed E-state index contributed by atoms with van der Waals surface area (Å²) in [5, 5.41) is 0. The average molecular weight is 392 g/mol. The zero-order valence-corrected chi connectivity index (χ0v) is 17.9. The van der Waals surface area contributed by atoms with Crippen LogP contribution in [0.15, 0.2) is 12.2 Å². The minimum Gasteiger partial charge on any atom is -0.457 e. The molecule has 0 bridgehead atoms. The number of ether oxygens (including phenoxy) is 1. The van der Waals surface area contributed by atoms with Crippen molar-refractivity contribution in [3.63, 3.8) is 0 Å². The highest BCUT2D eigenvalue weighted by Gasteiger charge is 2.28. The van der Waals surface area contributed by atoms with E-state index in [0.717, 1.165) is 51.4 Å². The van der Waals surface area contributed by atoms with Gasteiger partial charge in [0.05, 0.1) is 19.8 Å². The van der Waals surface area contributed by atoms with Crippen LogP contribution >= 0.6 is 7.82 Å². The fourth-order valence-electron chi connectivity index (χ4n) is 2.04. The highest BCUT2D eigenvalue weighted by molar-refractivity contribution is 7.48. The van der Waals surface area contributed by atoms with Crippen molar-refractivity contribution >= 4 is 13.8 Å². The third-order valence-electron chi connectivity index (χ3n) is 3.62. The Morgan fingerprint density at radius 1 is 0.923 bits per heavy atom. The summed E-state index contributed by atoms with van der Waals surface area (Å²) in [4.78, 5) is 11.5. The maximum Gasteiger partial charge on any atom is 0.474 e. The molecule has 0 aliphatic carbocycles. The number of phosphoric acid groups is 1. The number of unbranched alkanes of at least 4 members (excludes halogenated alkanes) is 6. The van der Waals surface area contributed by atoms with Crippen molar-refractivity contribution in [3.8, 4) is 0 Å². The summed E-state index contributed by atoms with van der Waals surface area (Å²) in [6, 6.07) is 0. The summed E-state index contributed by atoms with van der Waals surface area (Å²) in [7, 11) is -3.65. The van der Waals surface area contributed by atoms with E-state index in [2.05, 4.69) is 20.4 Å². The lowest BCUT2D eigenvalue weighted by Crippen LogP contribution is -2.20. The molecule has 0 aliphatic heterocycles. The number of rotatable bonds is 17. The van der Waals surface area contributed by atoms with E-state index in [9.17, 15) is 9.36 Å². The van der Waals surface area contributed by atoms with Crippen LogP contribution in [0.2, 0.25) is 0 Å². The Balaban J connectivity index is 4.42. The predicted octanol–water partition coefficient (Wildman–Crippen LogP) is 5.81. The van der Waals surface area contributed by atoms with E-state index >= 15 is 0 Å². The van der Waals surface area contributed by atoms with E-state index in [1.54, 1.807) is 13.8 Å². The Morgan fingerprint density at radius 2 is 1.42 bits per heavy atom. The van der Waals surface area contributed by atoms with Gasteiger partial charge < -0.3 is 4.74 Å². The molecule has 154 valence electrons. The van der Waals surface area contributed by atoms with Crippen molar-refractivity contribution in [1.29, 1.82) is 0 Å². The first-order valence-corrected chi connectivity index (χ1v) is 11.2. The van der Waals surface area contributed by atoms with Crippen LogP contribution in [0.5, 0.6) is 0 Å². The van der Waals surface area contributed by atoms with Gasteiger partial charge in [0.25, 0.3) is 0 Å². The van der Waals surface area contributed by atoms with Crippen molar-refractivity contribution in [3.05, 3.63) is 12.2 Å². The lowest BCUT2D eigenvalue weighted by molar-refractivity contribution is -0.145. The average Bonchev–Trinajstić information content (AvgIpc) is 2.60. The summed E-state index contributed by atoms with van der Waals surface area (Å²) >= 11 is 0. The van der Waals surface area contributed by atoms with E-state index in [1.165, 1.54) is 0 Å². The summed E-state index contributed by atoms with van der Waals surface area (Å²) in [6.45, 7) is 11.6. The zero-order valence-electron chi connectivity index (χ0n) is 17.0. The van der Waals surface area contributed by atoms with E-state index in [1.807, 2.05) is 0 Å². The van der Waals surface area contributed by atoms with Gasteiger partial charge in [-0.15, -0.1) is 0 Å². The maximum atomic E-state index is 12.8. The molecular weight excluding hydrogens is 355 g/mol. The van der Waals surface area contributed by atoms with Gasteiger partial charge in [0, 0.05) is 5.57 Å². The molecule has 0 saturated heterocycles. The van der Waals surface area contributed by atoms with Gasteiger partial charge >= 0.3 is 13.8 Å². The van der Waals surface area contributed by atoms with Gasteiger partial charge in [-0.1, -0.05) is 59.0 Å². The molecule has 7 heteroatoms. The Morgan fingerprint density at radius 3 is 1.85 bits per heavy atom. The first-order valence-electron chi connectivity index (χ1n) is 9.74. The highest BCUT2D eigenvalue weighted by Crippen LogP contribution is 2.50. The van der Waals surface area contributed by atoms with Crippen molar-refractivity contribution in [2.45, 2.75) is 85.2 Å². The molecule has 0 aliphatic rings. The molecule has 0 rings (SSSR count). The number of hydrogen-bond acceptors (Lipinski definition) is 6. The van der Waals surface area contributed by atoms with Gasteiger partial charge in [-0.2, -0.15) is 0 Å². The third-order valence-corrected chi connectivity index (χ3v) is 5.08. The maximum absolute atomic E-state index is 12.8. The monoisotopic (exact) mass is 392 g/mol. The quantitative estimate of drug-likeness (QED) is 0.135. The molecule has 0 aromatic rings. The zero-order chi connectivity index (χ0) is 19.8. The van der Waals surface area contributed by atoms with Crippen LogP contribution < -0.4 is 0 Å². The van der Waals surface area contributed by atoms with Gasteiger partial charge in [-0.3, -0.25) is 13.6 Å². The van der Waals surface area contributed by atoms with Gasteiger partial charge in [-0.25, -0.2) is 9.36 Å². The van der Waals surface area contributed by atoms with Crippen LogP contribution in [0.1, 0.15) is 79.1 Å². The van der Waals surface area contributed by atoms with E-state index in [-0.39, 0.29) is 6.61 Å². The van der Waals surface area contributed by atoms with Crippen molar-refractivity contribution in [2.24, 2.45) is 0 Å². The Kier molecular flexibility index (Phi) is 15.0. The van der Waals surface area contributed by atoms with Crippen LogP contribution in [0.25, 0.3) is 0 Å². The number of hydrogen-bond donors (Lipinski definition) is 0. The molecule has 0 saturated carbocycles. The molecule has 0 aromatic heterocycles. The molecule has 0 heterocycles. The lowest BCUT2D eigenvalue weighted by atomic mass is 10.2. The topological polar surface area (TPSA) is 71.1 Å². The second kappa shape index (κ2) is 15.4. The first kappa shape index (κ1) is 25.3. The van der Waals surface area contributed by atoms with E-state index in [4.69, 9.17) is 18.3 Å². The Bertz CT molecular complexity index is 420. The number of carbonyl (C=O) groups is 1. The van der Waals surface area contributed by atoms with Crippen molar-refractivity contribution in [2.75, 3.05) is 19.8 Å². The van der Waals surface area contributed by atoms with Gasteiger partial charge in [0.15, 0.2) is 0 Å². The molecule has 0 amide bonds. The van der Waals surface area contributed by atoms with Crippen molar-refractivity contribution < 1.29 is 27.7 Å². The van der Waals surface area contributed by atoms with Crippen LogP contribution in [0.4, 0.5) is 0 Å². The van der Waals surface area contributed by atoms with Crippen LogP contribution in [-0.2, 0) is 27.7 Å². The van der Waals surface area contributed by atoms with Crippen LogP contribution in [0, 0.1) is 0 Å². The largest absolute Gasteiger partial charge is 0.474 e. The molecule has 0 N–H and O–H groups in total. The Hall–Kier alpha value is -0.680. The standard InChI is InChI=1S/C19H37O6P/c1-6-8-10-12-14-22-26(21,23-15-13-11-9-7-2)24-16-18(5)25-19(20)17(3)4/h18H,3,6-16H2,1-2,4-5H3. The predicted molar refractivity (Wildman–Crippen MR) is 104 cm³/mol. The third kappa shape index (κ3) is 13.5. The molecule has 1 unspecified atom stereocenters. The van der Waals surface area contributed by atoms with Crippen molar-refractivity contribution in [1.82, 2.24) is 0 Å². The normalized spacial score (nSPS) is 12.8. The van der Waals surface area contributed by atoms with Gasteiger partial charge in [0.1, 0.15) is 6.10 Å². The second-order valence-corrected chi connectivity index (χ2v) is 8.20. The first-order chi connectivity index (χ1) is 12.3. The minimum absolute atomic E-state index is 0.0553. The smallest absolute Gasteiger partial charge is 0.457 e. The minimum atomic E-state index is -3.65. The van der Waals surface area contributed by atoms with Gasteiger partial charge in [-0.05, 0) is 26.7 Å². The molecule has 6 nitrogen and oxygen atoms in total. The summed E-state index contributed by atoms with van der Waals surface area (Å²) in [5.41, 5.74) is 0.305. The molecule has 1 atom stereocenters. The molecule has 0 fully saturated rings. The molecular formula is C19H37O6P. The van der Waals surface area contributed by atoms with E-state index in [0.29, 0.717) is 18.8 Å². The number of phosphoric ester groups is 1. The second-order valence-electron chi connectivity index (χ2n) is 6.53. The molecule has 0 aromatic carbocycles. The fourth-order valence-corrected chi connectivity index (χ4v) is 3.36. The lowest BCUT2D eigenvalue weighted by Gasteiger charge is -2.20. The summed E-state index contributed by atoms with van der Waals surface area (Å²) < 4.78 is 34.2. The highest BCUT2D eigenvalue weighted by atomic mass is 31.2. The molecule has 26 heavy (non-hydrogen) atoms. The van der Waals surface area contributed by atoms with E-state index < -0.39 is 19.9 Å². The SMILES string of the molecule is C=C(C)C(=O)OC(C)COP(=O)(OCCCCCC)OCCCCCC. The number of carbonyl (C=O) groups excluding carboxylic acids is 1. The fraction of sp³-hybridized carbons (Fsp3) is 0.842. The van der Waals surface area contributed by atoms with Crippen LogP contribution in [-0.4, -0.2) is 31.9 Å². The molecule has 0 spiro atoms. The van der Waals surface area contributed by atoms with Gasteiger partial charge in [0.2, 0.25) is 0 Å². The van der Waals surface area contributed by atoms with Crippen LogP contribution in [0.3, 0.4) is 0 Å². The summed E-state index contributed by atoms with van der Waals surface area (Å²) in [6.07, 6.45) is 7.53.